The number of benzene rings is 7. The highest BCUT2D eigenvalue weighted by atomic mass is 79.9. The molecule has 44 heavy (non-hydrogen) atoms. The van der Waals surface area contributed by atoms with Gasteiger partial charge in [-0.1, -0.05) is 109 Å². The van der Waals surface area contributed by atoms with Crippen molar-refractivity contribution in [2.24, 2.45) is 0 Å². The quantitative estimate of drug-likeness (QED) is 0.120. The van der Waals surface area contributed by atoms with Crippen LogP contribution in [-0.2, 0) is 0 Å². The van der Waals surface area contributed by atoms with Gasteiger partial charge in [0, 0.05) is 18.2 Å². The van der Waals surface area contributed by atoms with E-state index in [0.717, 1.165) is 15.3 Å². The van der Waals surface area contributed by atoms with E-state index in [1.54, 1.807) is 24.3 Å². The topological polar surface area (TPSA) is 40.5 Å². The van der Waals surface area contributed by atoms with Crippen molar-refractivity contribution in [1.82, 2.24) is 0 Å². The van der Waals surface area contributed by atoms with E-state index in [4.69, 9.17) is 10.0 Å². The van der Waals surface area contributed by atoms with Crippen LogP contribution in [0.25, 0.3) is 43.2 Å². The molecule has 0 unspecified atom stereocenters. The smallest absolute Gasteiger partial charge is 0.423 e. The Morgan fingerprint density at radius 2 is 1.05 bits per heavy atom. The molecule has 7 aromatic carbocycles. The summed E-state index contributed by atoms with van der Waals surface area (Å²) in [5.74, 6) is 0. The van der Waals surface area contributed by atoms with E-state index in [2.05, 4.69) is 143 Å². The van der Waals surface area contributed by atoms with Crippen LogP contribution >= 0.6 is 15.9 Å². The fourth-order valence-corrected chi connectivity index (χ4v) is 6.10. The molecule has 4 heteroatoms. The maximum Gasteiger partial charge on any atom is 0.488 e. The van der Waals surface area contributed by atoms with Crippen LogP contribution in [0.3, 0.4) is 0 Å². The second-order valence-corrected chi connectivity index (χ2v) is 11.2. The Balaban J connectivity index is 0.000000126. The Labute approximate surface area is 266 Å². The first kappa shape index (κ1) is 29.3. The summed E-state index contributed by atoms with van der Waals surface area (Å²) in [5, 5.41) is 24.8. The summed E-state index contributed by atoms with van der Waals surface area (Å²) in [6, 6.07) is 55.4. The van der Waals surface area contributed by atoms with E-state index in [0.29, 0.717) is 5.46 Å². The summed E-state index contributed by atoms with van der Waals surface area (Å²) < 4.78 is 1.16. The van der Waals surface area contributed by atoms with Crippen molar-refractivity contribution in [1.29, 1.82) is 0 Å². The lowest BCUT2D eigenvalue weighted by atomic mass is 9.81. The molecule has 0 atom stereocenters. The third-order valence-corrected chi connectivity index (χ3v) is 8.38. The van der Waals surface area contributed by atoms with Crippen LogP contribution < -0.4 is 15.9 Å². The van der Waals surface area contributed by atoms with Crippen molar-refractivity contribution >= 4 is 60.6 Å². The molecule has 1 aliphatic carbocycles. The van der Waals surface area contributed by atoms with E-state index in [1.165, 1.54) is 43.5 Å². The van der Waals surface area contributed by atoms with Gasteiger partial charge in [-0.2, -0.15) is 0 Å². The summed E-state index contributed by atoms with van der Waals surface area (Å²) in [7, 11) is -1.34. The lowest BCUT2D eigenvalue weighted by molar-refractivity contribution is 0.426. The second-order valence-electron chi connectivity index (χ2n) is 10.4. The van der Waals surface area contributed by atoms with Crippen molar-refractivity contribution in [2.45, 2.75) is 0 Å². The lowest BCUT2D eigenvalue weighted by Crippen LogP contribution is -2.29. The van der Waals surface area contributed by atoms with E-state index in [1.807, 2.05) is 18.2 Å². The minimum atomic E-state index is -1.34. The molecule has 0 amide bonds. The molecule has 0 aliphatic heterocycles. The zero-order chi connectivity index (χ0) is 30.3. The number of rotatable bonds is 2. The second kappa shape index (κ2) is 13.6. The molecule has 0 saturated carbocycles. The van der Waals surface area contributed by atoms with Crippen LogP contribution in [0.4, 0.5) is 0 Å². The fraction of sp³-hybridized carbons (Fsp3) is 0. The third kappa shape index (κ3) is 6.40. The maximum absolute atomic E-state index is 8.58. The highest BCUT2D eigenvalue weighted by Gasteiger charge is 2.16. The highest BCUT2D eigenvalue weighted by Crippen LogP contribution is 2.36. The van der Waals surface area contributed by atoms with Crippen LogP contribution in [0.15, 0.2) is 164 Å². The summed E-state index contributed by atoms with van der Waals surface area (Å²) >= 11 is 3.66. The van der Waals surface area contributed by atoms with E-state index < -0.39 is 7.12 Å². The van der Waals surface area contributed by atoms with Crippen LogP contribution in [0.2, 0.25) is 0 Å². The lowest BCUT2D eigenvalue weighted by Gasteiger charge is -2.11. The predicted molar refractivity (Wildman–Crippen MR) is 189 cm³/mol. The van der Waals surface area contributed by atoms with Gasteiger partial charge in [-0.25, -0.2) is 0 Å². The van der Waals surface area contributed by atoms with Gasteiger partial charge in [0.1, 0.15) is 15.3 Å². The normalized spacial score (nSPS) is 11.0. The molecule has 0 bridgehead atoms. The first-order valence-electron chi connectivity index (χ1n) is 14.5. The molecule has 0 saturated heterocycles. The standard InChI is InChI=1S/C20H14.C14H8Br.C6H7BO2/c1-2-8-15(9-3-1)20-18-12-6-4-10-16(18)14-17-11-5-7-13-19(17)20;15-14-12-7-3-1-5-10(12)9-11-6-2-4-8-13(11)14;8-7(9)6-4-2-1-3-5-6/h1-14H;1-8H;1-5,8-9H/q;+1;. The Hall–Kier alpha value is -4.83. The zero-order valence-electron chi connectivity index (χ0n) is 23.9. The molecule has 0 heterocycles. The summed E-state index contributed by atoms with van der Waals surface area (Å²) in [6.07, 6.45) is 3.42. The van der Waals surface area contributed by atoms with Crippen LogP contribution in [0.5, 0.6) is 0 Å². The largest absolute Gasteiger partial charge is 0.488 e. The van der Waals surface area contributed by atoms with Gasteiger partial charge >= 0.3 is 7.12 Å². The van der Waals surface area contributed by atoms with Crippen molar-refractivity contribution in [3.05, 3.63) is 185 Å². The molecule has 0 fully saturated rings. The van der Waals surface area contributed by atoms with Crippen LogP contribution in [-0.4, -0.2) is 17.2 Å². The number of halogens is 1. The average molecular weight is 632 g/mol. The fourth-order valence-electron chi connectivity index (χ4n) is 5.41. The Morgan fingerprint density at radius 1 is 0.523 bits per heavy atom. The minimum Gasteiger partial charge on any atom is -0.423 e. The monoisotopic (exact) mass is 631 g/mol. The van der Waals surface area contributed by atoms with E-state index in [9.17, 15) is 0 Å². The molecule has 0 radical (unpaired) electrons. The first-order chi connectivity index (χ1) is 21.6. The van der Waals surface area contributed by atoms with Gasteiger partial charge < -0.3 is 10.0 Å². The summed E-state index contributed by atoms with van der Waals surface area (Å²) in [6.45, 7) is 0. The first-order valence-corrected chi connectivity index (χ1v) is 15.2. The van der Waals surface area contributed by atoms with Gasteiger partial charge in [0.2, 0.25) is 0 Å². The predicted octanol–water partition coefficient (Wildman–Crippen LogP) is 7.28. The highest BCUT2D eigenvalue weighted by molar-refractivity contribution is 9.15. The number of hydrogen-bond acceptors (Lipinski definition) is 2. The van der Waals surface area contributed by atoms with Gasteiger partial charge in [0.15, 0.2) is 0 Å². The third-order valence-electron chi connectivity index (χ3n) is 7.53. The van der Waals surface area contributed by atoms with Gasteiger partial charge in [-0.3, -0.25) is 0 Å². The van der Waals surface area contributed by atoms with E-state index >= 15 is 0 Å². The van der Waals surface area contributed by atoms with Crippen LogP contribution in [0, 0.1) is 0 Å². The molecule has 2 N–H and O–H groups in total. The zero-order valence-corrected chi connectivity index (χ0v) is 25.5. The molecule has 0 spiro atoms. The average Bonchev–Trinajstić information content (AvgIpc) is 3.09. The Kier molecular flexibility index (Phi) is 9.07. The Morgan fingerprint density at radius 3 is 1.68 bits per heavy atom. The van der Waals surface area contributed by atoms with Gasteiger partial charge in [0.05, 0.1) is 10.8 Å². The molecule has 8 rings (SSSR count). The molecule has 210 valence electrons. The van der Waals surface area contributed by atoms with Crippen molar-refractivity contribution in [3.8, 4) is 11.1 Å². The Bertz CT molecular complexity index is 2110. The number of hydrogen-bond donors (Lipinski definition) is 2. The van der Waals surface area contributed by atoms with Gasteiger partial charge in [-0.15, -0.1) is 0 Å². The molecular weight excluding hydrogens is 603 g/mol. The molecular formula is C40H29BBrO2+. The van der Waals surface area contributed by atoms with Crippen molar-refractivity contribution < 1.29 is 10.0 Å². The minimum absolute atomic E-state index is 0.525. The SMILES string of the molecule is BrC1=c2ccccc2=[C+]c2ccccc21.OB(O)c1ccccc1.c1ccc(-c2c3ccccc3cc3ccccc23)cc1. The van der Waals surface area contributed by atoms with Crippen molar-refractivity contribution in [3.63, 3.8) is 0 Å². The molecule has 1 aliphatic rings. The van der Waals surface area contributed by atoms with Crippen LogP contribution in [0.1, 0.15) is 11.1 Å². The summed E-state index contributed by atoms with van der Waals surface area (Å²) in [4.78, 5) is 0. The molecule has 0 aromatic heterocycles. The maximum atomic E-state index is 8.58. The number of fused-ring (bicyclic) bond motifs is 4. The molecule has 7 aromatic rings. The van der Waals surface area contributed by atoms with Crippen molar-refractivity contribution in [2.75, 3.05) is 0 Å². The van der Waals surface area contributed by atoms with Gasteiger partial charge in [0.25, 0.3) is 0 Å². The molecule has 2 nitrogen and oxygen atoms in total. The van der Waals surface area contributed by atoms with Gasteiger partial charge in [-0.05, 0) is 96.5 Å². The van der Waals surface area contributed by atoms with E-state index in [-0.39, 0.29) is 0 Å². The summed E-state index contributed by atoms with van der Waals surface area (Å²) in [5.41, 5.74) is 5.51.